The molecule has 2 saturated heterocycles. The van der Waals surface area contributed by atoms with Crippen molar-refractivity contribution in [3.05, 3.63) is 54.1 Å². The van der Waals surface area contributed by atoms with Gasteiger partial charge in [-0.25, -0.2) is 0 Å². The minimum Gasteiger partial charge on any atom is -0.495 e. The zero-order chi connectivity index (χ0) is 23.5. The van der Waals surface area contributed by atoms with E-state index in [2.05, 4.69) is 10.2 Å². The molecule has 2 aromatic carbocycles. The number of hydrogen-bond donors (Lipinski definition) is 1. The number of rotatable bonds is 5. The molecule has 33 heavy (non-hydrogen) atoms. The van der Waals surface area contributed by atoms with E-state index < -0.39 is 17.3 Å². The molecule has 2 aliphatic heterocycles. The average molecular weight is 464 g/mol. The zero-order valence-corrected chi connectivity index (χ0v) is 18.5. The highest BCUT2D eigenvalue weighted by Crippen LogP contribution is 2.33. The van der Waals surface area contributed by atoms with E-state index in [1.807, 2.05) is 24.3 Å². The Morgan fingerprint density at radius 2 is 1.73 bits per heavy atom. The summed E-state index contributed by atoms with van der Waals surface area (Å²) < 4.78 is 50.3. The number of anilines is 1. The van der Waals surface area contributed by atoms with Crippen LogP contribution >= 0.6 is 0 Å². The number of piperazine rings is 1. The Kier molecular flexibility index (Phi) is 6.69. The van der Waals surface area contributed by atoms with Crippen molar-refractivity contribution < 1.29 is 27.4 Å². The normalized spacial score (nSPS) is 21.6. The van der Waals surface area contributed by atoms with Crippen molar-refractivity contribution in [2.45, 2.75) is 24.6 Å². The van der Waals surface area contributed by atoms with Crippen LogP contribution in [-0.2, 0) is 11.0 Å². The minimum absolute atomic E-state index is 0.130. The van der Waals surface area contributed by atoms with Crippen molar-refractivity contribution in [3.63, 3.8) is 0 Å². The first-order valence-corrected chi connectivity index (χ1v) is 11.1. The molecule has 1 atom stereocenters. The highest BCUT2D eigenvalue weighted by molar-refractivity contribution is 5.86. The number of benzene rings is 2. The van der Waals surface area contributed by atoms with Crippen LogP contribution in [0.1, 0.15) is 18.4 Å². The largest absolute Gasteiger partial charge is 0.495 e. The van der Waals surface area contributed by atoms with Gasteiger partial charge in [-0.3, -0.25) is 4.79 Å². The lowest BCUT2D eigenvalue weighted by Gasteiger charge is -2.43. The lowest BCUT2D eigenvalue weighted by atomic mass is 9.91. The molecule has 0 saturated carbocycles. The van der Waals surface area contributed by atoms with Crippen LogP contribution in [0.4, 0.5) is 18.9 Å². The maximum absolute atomic E-state index is 13.6. The van der Waals surface area contributed by atoms with Gasteiger partial charge < -0.3 is 24.6 Å². The van der Waals surface area contributed by atoms with Crippen LogP contribution < -0.4 is 19.7 Å². The molecule has 2 aromatic rings. The summed E-state index contributed by atoms with van der Waals surface area (Å²) in [6, 6.07) is 12.3. The predicted octanol–water partition coefficient (Wildman–Crippen LogP) is 3.56. The van der Waals surface area contributed by atoms with Crippen LogP contribution in [0.5, 0.6) is 11.5 Å². The second-order valence-electron chi connectivity index (χ2n) is 8.35. The van der Waals surface area contributed by atoms with Crippen LogP contribution in [0.25, 0.3) is 0 Å². The lowest BCUT2D eigenvalue weighted by Crippen LogP contribution is -2.63. The van der Waals surface area contributed by atoms with E-state index in [1.54, 1.807) is 12.0 Å². The third kappa shape index (κ3) is 5.03. The zero-order valence-electron chi connectivity index (χ0n) is 18.5. The van der Waals surface area contributed by atoms with E-state index in [0.29, 0.717) is 39.1 Å². The Bertz CT molecular complexity index is 951. The molecule has 0 bridgehead atoms. The monoisotopic (exact) mass is 463 g/mol. The molecule has 2 heterocycles. The van der Waals surface area contributed by atoms with Gasteiger partial charge in [-0.05, 0) is 55.8 Å². The number of halogens is 3. The van der Waals surface area contributed by atoms with Crippen molar-refractivity contribution in [2.75, 3.05) is 51.3 Å². The van der Waals surface area contributed by atoms with E-state index in [1.165, 1.54) is 12.1 Å². The van der Waals surface area contributed by atoms with Gasteiger partial charge in [0.25, 0.3) is 5.91 Å². The molecule has 0 radical (unpaired) electrons. The second-order valence-corrected chi connectivity index (χ2v) is 8.35. The number of methoxy groups -OCH3 is 1. The summed E-state index contributed by atoms with van der Waals surface area (Å²) in [5.41, 5.74) is -0.892. The topological polar surface area (TPSA) is 54.0 Å². The Morgan fingerprint density at radius 3 is 2.33 bits per heavy atom. The number of hydrogen-bond acceptors (Lipinski definition) is 5. The number of ether oxygens (including phenoxy) is 2. The molecule has 2 aliphatic rings. The third-order valence-electron chi connectivity index (χ3n) is 6.22. The average Bonchev–Trinajstić information content (AvgIpc) is 2.84. The maximum atomic E-state index is 13.6. The van der Waals surface area contributed by atoms with Gasteiger partial charge in [0.1, 0.15) is 11.5 Å². The van der Waals surface area contributed by atoms with E-state index in [-0.39, 0.29) is 11.7 Å². The lowest BCUT2D eigenvalue weighted by molar-refractivity contribution is -0.150. The molecule has 4 rings (SSSR count). The van der Waals surface area contributed by atoms with Gasteiger partial charge in [-0.15, -0.1) is 0 Å². The first-order valence-electron chi connectivity index (χ1n) is 11.1. The SMILES string of the molecule is COc1ccccc1N1CCN(C(=O)C2(Oc3ccc(C(F)(F)F)cc3)CCCNC2)CC1. The van der Waals surface area contributed by atoms with Crippen molar-refractivity contribution in [3.8, 4) is 11.5 Å². The molecule has 0 aromatic heterocycles. The number of para-hydroxylation sites is 2. The first-order chi connectivity index (χ1) is 15.8. The summed E-state index contributed by atoms with van der Waals surface area (Å²) in [6.45, 7) is 3.43. The molecular weight excluding hydrogens is 435 g/mol. The van der Waals surface area contributed by atoms with E-state index in [9.17, 15) is 18.0 Å². The molecule has 0 spiro atoms. The summed E-state index contributed by atoms with van der Waals surface area (Å²) in [5, 5.41) is 3.22. The van der Waals surface area contributed by atoms with Gasteiger partial charge in [0.2, 0.25) is 0 Å². The summed E-state index contributed by atoms with van der Waals surface area (Å²) in [7, 11) is 1.64. The standard InChI is InChI=1S/C24H28F3N3O3/c1-32-21-6-3-2-5-20(21)29-13-15-30(16-14-29)22(31)23(11-4-12-28-17-23)33-19-9-7-18(8-10-19)24(25,26)27/h2-3,5-10,28H,4,11-17H2,1H3. The Labute approximate surface area is 191 Å². The fourth-order valence-electron chi connectivity index (χ4n) is 4.46. The highest BCUT2D eigenvalue weighted by Gasteiger charge is 2.45. The molecule has 1 N–H and O–H groups in total. The molecule has 6 nitrogen and oxygen atoms in total. The summed E-state index contributed by atoms with van der Waals surface area (Å²) >= 11 is 0. The second kappa shape index (κ2) is 9.51. The molecule has 9 heteroatoms. The van der Waals surface area contributed by atoms with Crippen LogP contribution in [0.3, 0.4) is 0 Å². The fraction of sp³-hybridized carbons (Fsp3) is 0.458. The number of alkyl halides is 3. The Hall–Kier alpha value is -2.94. The third-order valence-corrected chi connectivity index (χ3v) is 6.22. The van der Waals surface area contributed by atoms with Gasteiger partial charge in [-0.2, -0.15) is 13.2 Å². The molecule has 0 aliphatic carbocycles. The quantitative estimate of drug-likeness (QED) is 0.735. The summed E-state index contributed by atoms with van der Waals surface area (Å²) in [6.07, 6.45) is -3.17. The van der Waals surface area contributed by atoms with E-state index >= 15 is 0 Å². The number of nitrogens with zero attached hydrogens (tertiary/aromatic N) is 2. The molecule has 1 unspecified atom stereocenters. The van der Waals surface area contributed by atoms with Crippen molar-refractivity contribution in [1.82, 2.24) is 10.2 Å². The summed E-state index contributed by atoms with van der Waals surface area (Å²) in [5.74, 6) is 0.915. The van der Waals surface area contributed by atoms with Crippen LogP contribution in [0, 0.1) is 0 Å². The van der Waals surface area contributed by atoms with Crippen molar-refractivity contribution >= 4 is 11.6 Å². The van der Waals surface area contributed by atoms with Crippen molar-refractivity contribution in [2.24, 2.45) is 0 Å². The van der Waals surface area contributed by atoms with E-state index in [0.717, 1.165) is 36.5 Å². The van der Waals surface area contributed by atoms with Gasteiger partial charge in [0.05, 0.1) is 18.4 Å². The number of piperidine rings is 1. The first kappa shape index (κ1) is 23.2. The molecule has 2 fully saturated rings. The Balaban J connectivity index is 1.47. The molecule has 1 amide bonds. The smallest absolute Gasteiger partial charge is 0.416 e. The highest BCUT2D eigenvalue weighted by atomic mass is 19.4. The van der Waals surface area contributed by atoms with Gasteiger partial charge in [-0.1, -0.05) is 12.1 Å². The summed E-state index contributed by atoms with van der Waals surface area (Å²) in [4.78, 5) is 17.6. The van der Waals surface area contributed by atoms with Crippen molar-refractivity contribution in [1.29, 1.82) is 0 Å². The Morgan fingerprint density at radius 1 is 1.03 bits per heavy atom. The van der Waals surface area contributed by atoms with Crippen LogP contribution in [-0.4, -0.2) is 62.8 Å². The van der Waals surface area contributed by atoms with Gasteiger partial charge in [0, 0.05) is 32.7 Å². The molecule has 178 valence electrons. The predicted molar refractivity (Wildman–Crippen MR) is 119 cm³/mol. The van der Waals surface area contributed by atoms with Gasteiger partial charge in [0.15, 0.2) is 5.60 Å². The fourth-order valence-corrected chi connectivity index (χ4v) is 4.46. The van der Waals surface area contributed by atoms with Gasteiger partial charge >= 0.3 is 6.18 Å². The number of carbonyl (C=O) groups excluding carboxylic acids is 1. The van der Waals surface area contributed by atoms with Crippen LogP contribution in [0.15, 0.2) is 48.5 Å². The van der Waals surface area contributed by atoms with E-state index in [4.69, 9.17) is 9.47 Å². The number of amides is 1. The van der Waals surface area contributed by atoms with Crippen LogP contribution in [0.2, 0.25) is 0 Å². The maximum Gasteiger partial charge on any atom is 0.416 e. The minimum atomic E-state index is -4.42. The molecular formula is C24H28F3N3O3. The number of nitrogens with one attached hydrogen (secondary N) is 1. The number of carbonyl (C=O) groups is 1.